The zero-order chi connectivity index (χ0) is 62.8. The van der Waals surface area contributed by atoms with Crippen LogP contribution >= 0.6 is 15.6 Å². The highest BCUT2D eigenvalue weighted by Gasteiger charge is 2.30. The number of phosphoric acid groups is 2. The van der Waals surface area contributed by atoms with Gasteiger partial charge in [0.2, 0.25) is 0 Å². The minimum atomic E-state index is -4.94. The molecule has 0 radical (unpaired) electrons. The van der Waals surface area contributed by atoms with Gasteiger partial charge in [0.25, 0.3) is 0 Å². The molecule has 0 saturated heterocycles. The molecule has 504 valence electrons. The molecule has 0 aromatic heterocycles. The van der Waals surface area contributed by atoms with Gasteiger partial charge in [-0.2, -0.15) is 0 Å². The van der Waals surface area contributed by atoms with E-state index in [1.165, 1.54) is 141 Å². The lowest BCUT2D eigenvalue weighted by molar-refractivity contribution is -0.161. The Morgan fingerprint density at radius 2 is 0.541 bits per heavy atom. The van der Waals surface area contributed by atoms with E-state index in [-0.39, 0.29) is 25.7 Å². The summed E-state index contributed by atoms with van der Waals surface area (Å²) in [5.74, 6) is -1.32. The molecule has 0 aliphatic heterocycles. The number of phosphoric ester groups is 2. The van der Waals surface area contributed by atoms with Gasteiger partial charge in [-0.1, -0.05) is 285 Å². The maximum Gasteiger partial charge on any atom is 0.472 e. The van der Waals surface area contributed by atoms with Crippen LogP contribution < -0.4 is 0 Å². The van der Waals surface area contributed by atoms with Gasteiger partial charge >= 0.3 is 39.5 Å². The van der Waals surface area contributed by atoms with Crippen LogP contribution in [0.15, 0.2) is 0 Å². The van der Waals surface area contributed by atoms with Crippen LogP contribution in [0, 0.1) is 5.92 Å². The highest BCUT2D eigenvalue weighted by atomic mass is 31.2. The SMILES string of the molecule is CCCCCCCCCCCC(=O)OC[C@H](COP(=O)(O)OC[C@@H](O)COP(=O)(O)OC[C@@H](COC(=O)CCCCCCCCC)OC(=O)CCCCCCCCCC)OC(=O)CCCCCCCCCCCCCCCCCCCCC(C)C. The summed E-state index contributed by atoms with van der Waals surface area (Å²) in [4.78, 5) is 72.0. The summed E-state index contributed by atoms with van der Waals surface area (Å²) >= 11 is 0. The highest BCUT2D eigenvalue weighted by Crippen LogP contribution is 2.45. The number of unbranched alkanes of at least 4 members (excludes halogenated alkanes) is 38. The first kappa shape index (κ1) is 83.1. The molecule has 0 aliphatic carbocycles. The maximum atomic E-state index is 13.0. The molecule has 19 heteroatoms. The highest BCUT2D eigenvalue weighted by molar-refractivity contribution is 7.47. The van der Waals surface area contributed by atoms with Gasteiger partial charge in [-0.05, 0) is 31.6 Å². The van der Waals surface area contributed by atoms with Gasteiger partial charge in [0.05, 0.1) is 26.4 Å². The third kappa shape index (κ3) is 60.7. The molecule has 0 aromatic rings. The lowest BCUT2D eigenvalue weighted by atomic mass is 10.0. The smallest absolute Gasteiger partial charge is 0.462 e. The lowest BCUT2D eigenvalue weighted by Crippen LogP contribution is -2.30. The van der Waals surface area contributed by atoms with Crippen molar-refractivity contribution in [1.82, 2.24) is 0 Å². The molecule has 0 aromatic carbocycles. The van der Waals surface area contributed by atoms with Crippen molar-refractivity contribution >= 4 is 39.5 Å². The van der Waals surface area contributed by atoms with E-state index in [0.29, 0.717) is 25.7 Å². The Morgan fingerprint density at radius 3 is 0.800 bits per heavy atom. The molecule has 0 saturated carbocycles. The van der Waals surface area contributed by atoms with Crippen molar-refractivity contribution in [2.24, 2.45) is 5.92 Å². The van der Waals surface area contributed by atoms with Gasteiger partial charge in [-0.15, -0.1) is 0 Å². The quantitative estimate of drug-likeness (QED) is 0.0222. The largest absolute Gasteiger partial charge is 0.472 e. The number of carbonyl (C=O) groups excluding carboxylic acids is 4. The number of hydrogen-bond donors (Lipinski definition) is 3. The standard InChI is InChI=1S/C66H128O17P2/c1-6-9-12-15-18-30-36-40-45-50-64(69)77-56-62(83-66(71)52-47-42-37-32-29-27-25-23-21-20-22-24-26-28-31-34-38-43-48-59(4)5)58-81-85(74,75)79-54-60(67)53-78-84(72,73)80-57-61(55-76-63(68)49-44-39-33-17-14-11-8-3)82-65(70)51-46-41-35-19-16-13-10-7-2/h59-62,67H,6-58H2,1-5H3,(H,72,73)(H,74,75)/t60-,61+,62+/m0/s1. The fraction of sp³-hybridized carbons (Fsp3) is 0.939. The Morgan fingerprint density at radius 1 is 0.318 bits per heavy atom. The summed E-state index contributed by atoms with van der Waals surface area (Å²) in [5.41, 5.74) is 0. The Kier molecular flexibility index (Phi) is 58.3. The minimum absolute atomic E-state index is 0.105. The Bertz CT molecular complexity index is 1650. The molecular weight excluding hydrogens is 1130 g/mol. The molecule has 0 aliphatic rings. The first-order chi connectivity index (χ1) is 41.0. The van der Waals surface area contributed by atoms with Crippen LogP contribution in [0.1, 0.15) is 336 Å². The first-order valence-corrected chi connectivity index (χ1v) is 37.6. The molecule has 0 amide bonds. The van der Waals surface area contributed by atoms with Crippen LogP contribution in [-0.4, -0.2) is 96.7 Å². The van der Waals surface area contributed by atoms with Crippen molar-refractivity contribution < 1.29 is 80.2 Å². The summed E-state index contributed by atoms with van der Waals surface area (Å²) < 4.78 is 67.8. The summed E-state index contributed by atoms with van der Waals surface area (Å²) in [5, 5.41) is 10.5. The number of aliphatic hydroxyl groups is 1. The van der Waals surface area contributed by atoms with Crippen molar-refractivity contribution in [1.29, 1.82) is 0 Å². The normalized spacial score (nSPS) is 14.2. The van der Waals surface area contributed by atoms with Crippen molar-refractivity contribution in [3.05, 3.63) is 0 Å². The van der Waals surface area contributed by atoms with E-state index in [2.05, 4.69) is 34.6 Å². The van der Waals surface area contributed by atoms with Crippen molar-refractivity contribution in [2.75, 3.05) is 39.6 Å². The second-order valence-electron chi connectivity index (χ2n) is 24.3. The maximum absolute atomic E-state index is 13.0. The molecular formula is C66H128O17P2. The molecule has 3 N–H and O–H groups in total. The van der Waals surface area contributed by atoms with Gasteiger partial charge in [0, 0.05) is 25.7 Å². The molecule has 0 heterocycles. The van der Waals surface area contributed by atoms with Gasteiger partial charge in [-0.25, -0.2) is 9.13 Å². The van der Waals surface area contributed by atoms with Crippen LogP contribution in [0.3, 0.4) is 0 Å². The Balaban J connectivity index is 5.07. The molecule has 0 rings (SSSR count). The van der Waals surface area contributed by atoms with Gasteiger partial charge in [0.1, 0.15) is 19.3 Å². The average molecular weight is 1260 g/mol. The van der Waals surface area contributed by atoms with Gasteiger partial charge < -0.3 is 33.8 Å². The van der Waals surface area contributed by atoms with Gasteiger partial charge in [0.15, 0.2) is 12.2 Å². The van der Waals surface area contributed by atoms with E-state index >= 15 is 0 Å². The number of rotatable bonds is 66. The molecule has 0 fully saturated rings. The number of carbonyl (C=O) groups is 4. The van der Waals surface area contributed by atoms with Crippen LogP contribution in [0.5, 0.6) is 0 Å². The predicted octanol–water partition coefficient (Wildman–Crippen LogP) is 18.6. The van der Waals surface area contributed by atoms with E-state index in [4.69, 9.17) is 37.0 Å². The fourth-order valence-corrected chi connectivity index (χ4v) is 11.5. The third-order valence-electron chi connectivity index (χ3n) is 15.3. The third-order valence-corrected chi connectivity index (χ3v) is 17.2. The summed E-state index contributed by atoms with van der Waals surface area (Å²) in [6.07, 6.45) is 44.8. The Hall–Kier alpha value is -1.94. The zero-order valence-electron chi connectivity index (χ0n) is 54.7. The molecule has 0 bridgehead atoms. The monoisotopic (exact) mass is 1250 g/mol. The second-order valence-corrected chi connectivity index (χ2v) is 27.2. The number of hydrogen-bond acceptors (Lipinski definition) is 15. The number of ether oxygens (including phenoxy) is 4. The number of aliphatic hydroxyl groups excluding tert-OH is 1. The topological polar surface area (TPSA) is 237 Å². The van der Waals surface area contributed by atoms with Crippen molar-refractivity contribution in [3.63, 3.8) is 0 Å². The van der Waals surface area contributed by atoms with Crippen LogP contribution in [0.2, 0.25) is 0 Å². The van der Waals surface area contributed by atoms with Gasteiger partial charge in [-0.3, -0.25) is 37.3 Å². The lowest BCUT2D eigenvalue weighted by Gasteiger charge is -2.21. The predicted molar refractivity (Wildman–Crippen MR) is 340 cm³/mol. The van der Waals surface area contributed by atoms with Crippen molar-refractivity contribution in [3.8, 4) is 0 Å². The minimum Gasteiger partial charge on any atom is -0.462 e. The van der Waals surface area contributed by atoms with Crippen molar-refractivity contribution in [2.45, 2.75) is 355 Å². The van der Waals surface area contributed by atoms with E-state index in [9.17, 15) is 43.2 Å². The van der Waals surface area contributed by atoms with E-state index < -0.39 is 97.5 Å². The summed E-state index contributed by atoms with van der Waals surface area (Å²) in [7, 11) is -9.88. The zero-order valence-corrected chi connectivity index (χ0v) is 56.5. The van der Waals surface area contributed by atoms with E-state index in [0.717, 1.165) is 115 Å². The molecule has 2 unspecified atom stereocenters. The van der Waals surface area contributed by atoms with Crippen LogP contribution in [0.4, 0.5) is 0 Å². The molecule has 0 spiro atoms. The first-order valence-electron chi connectivity index (χ1n) is 34.6. The van der Waals surface area contributed by atoms with E-state index in [1.807, 2.05) is 0 Å². The average Bonchev–Trinajstić information content (AvgIpc) is 3.48. The van der Waals surface area contributed by atoms with Crippen LogP contribution in [-0.2, 0) is 65.4 Å². The summed E-state index contributed by atoms with van der Waals surface area (Å²) in [6.45, 7) is 7.16. The molecule has 5 atom stereocenters. The number of esters is 4. The molecule has 85 heavy (non-hydrogen) atoms. The Labute approximate surface area is 517 Å². The van der Waals surface area contributed by atoms with E-state index in [1.54, 1.807) is 0 Å². The molecule has 17 nitrogen and oxygen atoms in total. The summed E-state index contributed by atoms with van der Waals surface area (Å²) in [6, 6.07) is 0. The van der Waals surface area contributed by atoms with Crippen LogP contribution in [0.25, 0.3) is 0 Å². The second kappa shape index (κ2) is 59.7. The fourth-order valence-electron chi connectivity index (χ4n) is 9.94.